The highest BCUT2D eigenvalue weighted by molar-refractivity contribution is 5.57. The minimum atomic E-state index is 0.341. The van der Waals surface area contributed by atoms with E-state index in [2.05, 4.69) is 13.8 Å². The van der Waals surface area contributed by atoms with E-state index < -0.39 is 0 Å². The van der Waals surface area contributed by atoms with E-state index in [1.54, 1.807) is 6.07 Å². The first-order chi connectivity index (χ1) is 6.65. The lowest BCUT2D eigenvalue weighted by molar-refractivity contribution is 0.474. The van der Waals surface area contributed by atoms with E-state index in [1.165, 1.54) is 6.42 Å². The monoisotopic (exact) mass is 192 g/mol. The van der Waals surface area contributed by atoms with Crippen molar-refractivity contribution in [3.63, 3.8) is 0 Å². The van der Waals surface area contributed by atoms with Crippen LogP contribution in [0.3, 0.4) is 0 Å². The molecule has 14 heavy (non-hydrogen) atoms. The van der Waals surface area contributed by atoms with Gasteiger partial charge in [-0.2, -0.15) is 0 Å². The van der Waals surface area contributed by atoms with Gasteiger partial charge in [-0.1, -0.05) is 44.1 Å². The van der Waals surface area contributed by atoms with Gasteiger partial charge in [0.05, 0.1) is 0 Å². The fraction of sp³-hybridized carbons (Fsp3) is 0.385. The molecule has 1 aromatic rings. The lowest BCUT2D eigenvalue weighted by Crippen LogP contribution is -1.76. The molecule has 0 aliphatic heterocycles. The summed E-state index contributed by atoms with van der Waals surface area (Å²) in [5.41, 5.74) is 2.04. The average molecular weight is 192 g/mol. The molecular formula is C13H20O. The summed E-state index contributed by atoms with van der Waals surface area (Å²) in [6.45, 7) is 8.19. The van der Waals surface area contributed by atoms with Crippen molar-refractivity contribution in [2.24, 2.45) is 0 Å². The SMILES string of the molecule is C/C=C/c1cc(C)ccc1O.CCC. The first-order valence-corrected chi connectivity index (χ1v) is 5.08. The number of hydrogen-bond acceptors (Lipinski definition) is 1. The second-order valence-electron chi connectivity index (χ2n) is 3.27. The molecule has 0 heterocycles. The molecule has 0 fully saturated rings. The van der Waals surface area contributed by atoms with Gasteiger partial charge in [-0.25, -0.2) is 0 Å². The standard InChI is InChI=1S/C10H12O.C3H8/c1-3-4-9-7-8(2)5-6-10(9)11;1-3-2/h3-7,11H,1-2H3;3H2,1-2H3/b4-3+;. The third-order valence-electron chi connectivity index (χ3n) is 1.53. The Labute approximate surface area is 87.1 Å². The van der Waals surface area contributed by atoms with Crippen LogP contribution in [0.15, 0.2) is 24.3 Å². The summed E-state index contributed by atoms with van der Waals surface area (Å²) in [5, 5.41) is 9.31. The first kappa shape index (κ1) is 12.8. The van der Waals surface area contributed by atoms with E-state index in [0.717, 1.165) is 11.1 Å². The van der Waals surface area contributed by atoms with Gasteiger partial charge >= 0.3 is 0 Å². The van der Waals surface area contributed by atoms with Crippen molar-refractivity contribution in [2.75, 3.05) is 0 Å². The lowest BCUT2D eigenvalue weighted by Gasteiger charge is -1.99. The van der Waals surface area contributed by atoms with Crippen LogP contribution >= 0.6 is 0 Å². The molecular weight excluding hydrogens is 172 g/mol. The van der Waals surface area contributed by atoms with Gasteiger partial charge in [-0.3, -0.25) is 0 Å². The van der Waals surface area contributed by atoms with Crippen molar-refractivity contribution in [3.8, 4) is 5.75 Å². The molecule has 1 heteroatoms. The smallest absolute Gasteiger partial charge is 0.122 e. The summed E-state index contributed by atoms with van der Waals surface area (Å²) < 4.78 is 0. The fourth-order valence-electron chi connectivity index (χ4n) is 0.987. The molecule has 0 spiro atoms. The van der Waals surface area contributed by atoms with Crippen LogP contribution in [0.25, 0.3) is 6.08 Å². The molecule has 0 aromatic heterocycles. The van der Waals surface area contributed by atoms with Crippen LogP contribution in [-0.2, 0) is 0 Å². The minimum Gasteiger partial charge on any atom is -0.507 e. The maximum Gasteiger partial charge on any atom is 0.122 e. The van der Waals surface area contributed by atoms with Crippen LogP contribution < -0.4 is 0 Å². The molecule has 78 valence electrons. The molecule has 0 amide bonds. The Morgan fingerprint density at radius 2 is 1.86 bits per heavy atom. The number of allylic oxidation sites excluding steroid dienone is 1. The van der Waals surface area contributed by atoms with E-state index in [0.29, 0.717) is 5.75 Å². The minimum absolute atomic E-state index is 0.341. The maximum atomic E-state index is 9.31. The normalized spacial score (nSPS) is 9.71. The van der Waals surface area contributed by atoms with Crippen LogP contribution in [0.1, 0.15) is 38.3 Å². The van der Waals surface area contributed by atoms with E-state index in [4.69, 9.17) is 0 Å². The number of rotatable bonds is 1. The van der Waals surface area contributed by atoms with E-state index in [9.17, 15) is 5.11 Å². The number of aromatic hydroxyl groups is 1. The van der Waals surface area contributed by atoms with Gasteiger partial charge in [-0.15, -0.1) is 0 Å². The van der Waals surface area contributed by atoms with Crippen LogP contribution in [0, 0.1) is 6.92 Å². The summed E-state index contributed by atoms with van der Waals surface area (Å²) in [4.78, 5) is 0. The number of hydrogen-bond donors (Lipinski definition) is 1. The van der Waals surface area contributed by atoms with Gasteiger partial charge in [0.25, 0.3) is 0 Å². The predicted molar refractivity (Wildman–Crippen MR) is 63.5 cm³/mol. The van der Waals surface area contributed by atoms with Crippen LogP contribution in [0.4, 0.5) is 0 Å². The summed E-state index contributed by atoms with van der Waals surface area (Å²) in [6, 6.07) is 5.56. The zero-order valence-electron chi connectivity index (χ0n) is 9.54. The predicted octanol–water partition coefficient (Wildman–Crippen LogP) is 4.15. The molecule has 0 aliphatic carbocycles. The van der Waals surface area contributed by atoms with Gasteiger partial charge in [0.2, 0.25) is 0 Å². The summed E-state index contributed by atoms with van der Waals surface area (Å²) in [6.07, 6.45) is 5.05. The molecule has 1 nitrogen and oxygen atoms in total. The van der Waals surface area contributed by atoms with Gasteiger partial charge < -0.3 is 5.11 Å². The highest BCUT2D eigenvalue weighted by Crippen LogP contribution is 2.19. The Bertz CT molecular complexity index is 287. The molecule has 0 saturated heterocycles. The van der Waals surface area contributed by atoms with Crippen molar-refractivity contribution in [1.82, 2.24) is 0 Å². The van der Waals surface area contributed by atoms with Crippen LogP contribution in [0.5, 0.6) is 5.75 Å². The lowest BCUT2D eigenvalue weighted by atomic mass is 10.1. The van der Waals surface area contributed by atoms with Crippen LogP contribution in [0.2, 0.25) is 0 Å². The van der Waals surface area contributed by atoms with E-state index in [-0.39, 0.29) is 0 Å². The molecule has 0 unspecified atom stereocenters. The maximum absolute atomic E-state index is 9.31. The van der Waals surface area contributed by atoms with E-state index >= 15 is 0 Å². The Morgan fingerprint density at radius 1 is 1.29 bits per heavy atom. The summed E-state index contributed by atoms with van der Waals surface area (Å²) in [7, 11) is 0. The Balaban J connectivity index is 0.000000500. The Kier molecular flexibility index (Phi) is 6.55. The highest BCUT2D eigenvalue weighted by atomic mass is 16.3. The fourth-order valence-corrected chi connectivity index (χ4v) is 0.987. The molecule has 0 saturated carbocycles. The molecule has 0 atom stereocenters. The number of benzene rings is 1. The molecule has 0 aliphatic rings. The average Bonchev–Trinajstić information content (AvgIpc) is 2.13. The van der Waals surface area contributed by atoms with E-state index in [1.807, 2.05) is 38.1 Å². The number of aryl methyl sites for hydroxylation is 1. The quantitative estimate of drug-likeness (QED) is 0.708. The number of phenolic OH excluding ortho intramolecular Hbond substituents is 1. The van der Waals surface area contributed by atoms with Crippen molar-refractivity contribution in [2.45, 2.75) is 34.1 Å². The topological polar surface area (TPSA) is 20.2 Å². The second kappa shape index (κ2) is 7.19. The highest BCUT2D eigenvalue weighted by Gasteiger charge is 1.94. The van der Waals surface area contributed by atoms with Crippen molar-refractivity contribution < 1.29 is 5.11 Å². The first-order valence-electron chi connectivity index (χ1n) is 5.08. The Morgan fingerprint density at radius 3 is 2.36 bits per heavy atom. The second-order valence-corrected chi connectivity index (χ2v) is 3.27. The van der Waals surface area contributed by atoms with Gasteiger partial charge in [0.1, 0.15) is 5.75 Å². The third kappa shape index (κ3) is 4.70. The summed E-state index contributed by atoms with van der Waals surface area (Å²) >= 11 is 0. The zero-order chi connectivity index (χ0) is 11.0. The third-order valence-corrected chi connectivity index (χ3v) is 1.53. The summed E-state index contributed by atoms with van der Waals surface area (Å²) in [5.74, 6) is 0.341. The van der Waals surface area contributed by atoms with Crippen LogP contribution in [-0.4, -0.2) is 5.11 Å². The van der Waals surface area contributed by atoms with Crippen molar-refractivity contribution in [3.05, 3.63) is 35.4 Å². The molecule has 0 bridgehead atoms. The molecule has 1 aromatic carbocycles. The van der Waals surface area contributed by atoms with Crippen molar-refractivity contribution >= 4 is 6.08 Å². The van der Waals surface area contributed by atoms with Gasteiger partial charge in [0.15, 0.2) is 0 Å². The molecule has 1 rings (SSSR count). The molecule has 0 radical (unpaired) electrons. The van der Waals surface area contributed by atoms with Crippen molar-refractivity contribution in [1.29, 1.82) is 0 Å². The molecule has 1 N–H and O–H groups in total. The Hall–Kier alpha value is -1.24. The van der Waals surface area contributed by atoms with Gasteiger partial charge in [0, 0.05) is 5.56 Å². The van der Waals surface area contributed by atoms with Gasteiger partial charge in [-0.05, 0) is 26.0 Å². The zero-order valence-corrected chi connectivity index (χ0v) is 9.54. The number of phenols is 1. The largest absolute Gasteiger partial charge is 0.507 e.